The predicted molar refractivity (Wildman–Crippen MR) is 108 cm³/mol. The zero-order valence-corrected chi connectivity index (χ0v) is 16.8. The Labute approximate surface area is 174 Å². The maximum absolute atomic E-state index is 5.78. The second-order valence-electron chi connectivity index (χ2n) is 8.51. The van der Waals surface area contributed by atoms with E-state index in [-0.39, 0.29) is 12.8 Å². The molecule has 3 aliphatic rings. The second-order valence-corrected chi connectivity index (χ2v) is 8.51. The Kier molecular flexibility index (Phi) is 4.44. The molecule has 0 radical (unpaired) electrons. The van der Waals surface area contributed by atoms with Crippen molar-refractivity contribution in [3.8, 4) is 22.9 Å². The zero-order valence-electron chi connectivity index (χ0n) is 16.8. The van der Waals surface area contributed by atoms with Gasteiger partial charge in [-0.15, -0.1) is 0 Å². The van der Waals surface area contributed by atoms with Crippen molar-refractivity contribution >= 4 is 0 Å². The minimum Gasteiger partial charge on any atom is -0.454 e. The summed E-state index contributed by atoms with van der Waals surface area (Å²) in [5.41, 5.74) is 3.17. The molecule has 1 N–H and O–H groups in total. The Balaban J connectivity index is 1.28. The summed E-state index contributed by atoms with van der Waals surface area (Å²) in [6, 6.07) is 5.79. The van der Waals surface area contributed by atoms with Crippen molar-refractivity contribution in [2.45, 2.75) is 51.1 Å². The Bertz CT molecular complexity index is 1040. The monoisotopic (exact) mass is 407 g/mol. The highest BCUT2D eigenvalue weighted by molar-refractivity contribution is 5.61. The van der Waals surface area contributed by atoms with Crippen LogP contribution in [-0.2, 0) is 13.0 Å². The molecule has 1 aromatic carbocycles. The molecule has 1 aliphatic carbocycles. The highest BCUT2D eigenvalue weighted by Crippen LogP contribution is 2.37. The van der Waals surface area contributed by atoms with Gasteiger partial charge in [0.05, 0.1) is 23.8 Å². The summed E-state index contributed by atoms with van der Waals surface area (Å²) in [7, 11) is 0. The summed E-state index contributed by atoms with van der Waals surface area (Å²) >= 11 is 0. The molecule has 0 spiro atoms. The van der Waals surface area contributed by atoms with Gasteiger partial charge in [0.25, 0.3) is 0 Å². The first-order valence-corrected chi connectivity index (χ1v) is 10.8. The summed E-state index contributed by atoms with van der Waals surface area (Å²) in [5, 5.41) is 4.27. The van der Waals surface area contributed by atoms with Crippen molar-refractivity contribution in [1.82, 2.24) is 25.0 Å². The number of benzene rings is 1. The van der Waals surface area contributed by atoms with E-state index in [9.17, 15) is 0 Å². The fraction of sp³-hybridized carbons (Fsp3) is 0.500. The molecule has 2 aliphatic heterocycles. The quantitative estimate of drug-likeness (QED) is 0.702. The second kappa shape index (κ2) is 7.43. The highest BCUT2D eigenvalue weighted by atomic mass is 16.7. The molecule has 1 atom stereocenters. The minimum absolute atomic E-state index is 0.0537. The summed E-state index contributed by atoms with van der Waals surface area (Å²) < 4.78 is 16.7. The van der Waals surface area contributed by atoms with Gasteiger partial charge < -0.3 is 19.0 Å². The van der Waals surface area contributed by atoms with Gasteiger partial charge >= 0.3 is 0 Å². The van der Waals surface area contributed by atoms with Crippen LogP contribution in [0.3, 0.4) is 0 Å². The number of imidazole rings is 1. The van der Waals surface area contributed by atoms with Crippen molar-refractivity contribution < 1.29 is 14.0 Å². The molecular weight excluding hydrogens is 382 g/mol. The molecule has 156 valence electrons. The van der Waals surface area contributed by atoms with Crippen LogP contribution in [0.2, 0.25) is 0 Å². The average Bonchev–Trinajstić information content (AvgIpc) is 3.53. The number of H-pyrrole nitrogens is 1. The number of ether oxygens (including phenoxy) is 2. The SMILES string of the molecule is c1nc2c([nH]1)CN(CC1CCCCC1)[C@H](c1nc(-c3ccc4c(c3)OCO4)no1)C2. The van der Waals surface area contributed by atoms with Gasteiger partial charge in [0.1, 0.15) is 0 Å². The molecule has 0 bridgehead atoms. The smallest absolute Gasteiger partial charge is 0.244 e. The first-order chi connectivity index (χ1) is 14.8. The molecule has 8 heteroatoms. The van der Waals surface area contributed by atoms with Gasteiger partial charge in [-0.2, -0.15) is 4.98 Å². The van der Waals surface area contributed by atoms with E-state index in [1.165, 1.54) is 37.8 Å². The lowest BCUT2D eigenvalue weighted by molar-refractivity contribution is 0.104. The third kappa shape index (κ3) is 3.25. The zero-order chi connectivity index (χ0) is 19.9. The molecular formula is C22H25N5O3. The molecule has 1 saturated carbocycles. The van der Waals surface area contributed by atoms with Gasteiger partial charge in [-0.1, -0.05) is 24.4 Å². The molecule has 0 unspecified atom stereocenters. The minimum atomic E-state index is 0.0537. The van der Waals surface area contributed by atoms with Crippen molar-refractivity contribution in [2.75, 3.05) is 13.3 Å². The number of rotatable bonds is 4. The predicted octanol–water partition coefficient (Wildman–Crippen LogP) is 3.87. The van der Waals surface area contributed by atoms with Crippen LogP contribution in [0.1, 0.15) is 55.4 Å². The molecule has 6 rings (SSSR count). The van der Waals surface area contributed by atoms with Gasteiger partial charge in [-0.05, 0) is 37.0 Å². The van der Waals surface area contributed by atoms with Crippen LogP contribution in [0.25, 0.3) is 11.4 Å². The standard InChI is InChI=1S/C22H25N5O3/c1-2-4-14(5-3-1)10-27-11-17-16(23-12-24-17)9-18(27)22-25-21(26-30-22)15-6-7-19-20(8-15)29-13-28-19/h6-8,12,14,18H,1-5,9-11,13H2,(H,23,24)/t18-/m0/s1. The van der Waals surface area contributed by atoms with E-state index in [2.05, 4.69) is 20.0 Å². The van der Waals surface area contributed by atoms with E-state index in [1.54, 1.807) is 6.33 Å². The third-order valence-corrected chi connectivity index (χ3v) is 6.57. The topological polar surface area (TPSA) is 89.3 Å². The van der Waals surface area contributed by atoms with Crippen LogP contribution in [0.4, 0.5) is 0 Å². The van der Waals surface area contributed by atoms with Crippen molar-refractivity contribution in [2.24, 2.45) is 5.92 Å². The lowest BCUT2D eigenvalue weighted by Crippen LogP contribution is -2.38. The average molecular weight is 407 g/mol. The molecule has 4 heterocycles. The van der Waals surface area contributed by atoms with E-state index in [0.29, 0.717) is 11.7 Å². The van der Waals surface area contributed by atoms with Gasteiger partial charge in [-0.3, -0.25) is 4.90 Å². The number of hydrogen-bond acceptors (Lipinski definition) is 7. The van der Waals surface area contributed by atoms with Crippen molar-refractivity contribution in [3.05, 3.63) is 41.8 Å². The Morgan fingerprint density at radius 2 is 2.00 bits per heavy atom. The molecule has 30 heavy (non-hydrogen) atoms. The lowest BCUT2D eigenvalue weighted by atomic mass is 9.88. The van der Waals surface area contributed by atoms with Crippen molar-refractivity contribution in [1.29, 1.82) is 0 Å². The summed E-state index contributed by atoms with van der Waals surface area (Å²) in [4.78, 5) is 15.1. The number of aromatic nitrogens is 4. The van der Waals surface area contributed by atoms with Crippen molar-refractivity contribution in [3.63, 3.8) is 0 Å². The first kappa shape index (κ1) is 17.9. The Morgan fingerprint density at radius 1 is 1.10 bits per heavy atom. The fourth-order valence-electron chi connectivity index (χ4n) is 4.95. The molecule has 3 aromatic rings. The van der Waals surface area contributed by atoms with Crippen LogP contribution in [0.5, 0.6) is 11.5 Å². The number of aromatic amines is 1. The summed E-state index contributed by atoms with van der Waals surface area (Å²) in [6.07, 6.45) is 9.25. The number of nitrogens with one attached hydrogen (secondary N) is 1. The van der Waals surface area contributed by atoms with E-state index in [1.807, 2.05) is 18.2 Å². The first-order valence-electron chi connectivity index (χ1n) is 10.8. The molecule has 1 fully saturated rings. The number of hydrogen-bond donors (Lipinski definition) is 1. The van der Waals surface area contributed by atoms with E-state index in [0.717, 1.165) is 48.2 Å². The Hall–Kier alpha value is -2.87. The molecule has 8 nitrogen and oxygen atoms in total. The maximum Gasteiger partial charge on any atom is 0.244 e. The van der Waals surface area contributed by atoms with Crippen LogP contribution < -0.4 is 9.47 Å². The van der Waals surface area contributed by atoms with Crippen LogP contribution in [0.15, 0.2) is 29.0 Å². The van der Waals surface area contributed by atoms with E-state index < -0.39 is 0 Å². The van der Waals surface area contributed by atoms with Gasteiger partial charge in [0.2, 0.25) is 18.5 Å². The van der Waals surface area contributed by atoms with Crippen LogP contribution >= 0.6 is 0 Å². The summed E-state index contributed by atoms with van der Waals surface area (Å²) in [6.45, 7) is 2.16. The maximum atomic E-state index is 5.78. The lowest BCUT2D eigenvalue weighted by Gasteiger charge is -2.36. The number of fused-ring (bicyclic) bond motifs is 2. The van der Waals surface area contributed by atoms with Crippen LogP contribution in [0, 0.1) is 5.92 Å². The normalized spacial score (nSPS) is 21.7. The largest absolute Gasteiger partial charge is 0.454 e. The summed E-state index contributed by atoms with van der Waals surface area (Å²) in [5.74, 6) is 3.44. The third-order valence-electron chi connectivity index (χ3n) is 6.57. The fourth-order valence-corrected chi connectivity index (χ4v) is 4.95. The number of nitrogens with zero attached hydrogens (tertiary/aromatic N) is 4. The van der Waals surface area contributed by atoms with Gasteiger partial charge in [-0.25, -0.2) is 4.98 Å². The van der Waals surface area contributed by atoms with Crippen LogP contribution in [-0.4, -0.2) is 38.3 Å². The molecule has 0 amide bonds. The van der Waals surface area contributed by atoms with Gasteiger partial charge in [0.15, 0.2) is 11.5 Å². The Morgan fingerprint density at radius 3 is 2.93 bits per heavy atom. The van der Waals surface area contributed by atoms with E-state index >= 15 is 0 Å². The molecule has 0 saturated heterocycles. The van der Waals surface area contributed by atoms with E-state index in [4.69, 9.17) is 19.0 Å². The highest BCUT2D eigenvalue weighted by Gasteiger charge is 2.34. The van der Waals surface area contributed by atoms with Gasteiger partial charge in [0, 0.05) is 25.1 Å². The molecule has 2 aromatic heterocycles.